The van der Waals surface area contributed by atoms with E-state index in [1.54, 1.807) is 24.3 Å². The minimum absolute atomic E-state index is 0.249. The standard InChI is InChI=1S/C17H19NO4/c1-18(14-5-7-15(19)8-6-14)11-2-12-22-16-9-3-13(4-10-16)17(20)21/h3-10,19H,2,11-12H2,1H3,(H,20,21). The molecule has 0 unspecified atom stereocenters. The molecule has 0 radical (unpaired) electrons. The van der Waals surface area contributed by atoms with Crippen LogP contribution in [0.3, 0.4) is 0 Å². The first-order chi connectivity index (χ1) is 10.6. The molecule has 0 aliphatic heterocycles. The highest BCUT2D eigenvalue weighted by atomic mass is 16.5. The Hall–Kier alpha value is -2.69. The lowest BCUT2D eigenvalue weighted by molar-refractivity contribution is 0.0697. The van der Waals surface area contributed by atoms with Gasteiger partial charge in [0.2, 0.25) is 0 Å². The molecule has 0 saturated carbocycles. The number of anilines is 1. The predicted octanol–water partition coefficient (Wildman–Crippen LogP) is 3.00. The zero-order valence-corrected chi connectivity index (χ0v) is 12.4. The number of phenolic OH excluding ortho intramolecular Hbond substituents is 1. The molecule has 0 aliphatic rings. The van der Waals surface area contributed by atoms with Crippen molar-refractivity contribution in [3.63, 3.8) is 0 Å². The highest BCUT2D eigenvalue weighted by molar-refractivity contribution is 5.87. The van der Waals surface area contributed by atoms with E-state index in [-0.39, 0.29) is 11.3 Å². The number of ether oxygens (including phenoxy) is 1. The fourth-order valence-electron chi connectivity index (χ4n) is 2.02. The second-order valence-electron chi connectivity index (χ2n) is 4.97. The SMILES string of the molecule is CN(CCCOc1ccc(C(=O)O)cc1)c1ccc(O)cc1. The van der Waals surface area contributed by atoms with Gasteiger partial charge in [-0.25, -0.2) is 4.79 Å². The summed E-state index contributed by atoms with van der Waals surface area (Å²) in [5.41, 5.74) is 1.28. The Morgan fingerprint density at radius 1 is 1.09 bits per heavy atom. The van der Waals surface area contributed by atoms with Crippen LogP contribution in [0.2, 0.25) is 0 Å². The number of carbonyl (C=O) groups is 1. The van der Waals surface area contributed by atoms with E-state index in [1.165, 1.54) is 12.1 Å². The van der Waals surface area contributed by atoms with E-state index < -0.39 is 5.97 Å². The third-order valence-corrected chi connectivity index (χ3v) is 3.30. The van der Waals surface area contributed by atoms with Crippen LogP contribution in [0.15, 0.2) is 48.5 Å². The lowest BCUT2D eigenvalue weighted by Gasteiger charge is -2.19. The molecule has 5 nitrogen and oxygen atoms in total. The van der Waals surface area contributed by atoms with Gasteiger partial charge in [0.1, 0.15) is 11.5 Å². The van der Waals surface area contributed by atoms with Crippen molar-refractivity contribution in [1.82, 2.24) is 0 Å². The summed E-state index contributed by atoms with van der Waals surface area (Å²) in [5.74, 6) is -0.0235. The van der Waals surface area contributed by atoms with E-state index in [0.29, 0.717) is 12.4 Å². The molecule has 116 valence electrons. The molecule has 0 bridgehead atoms. The summed E-state index contributed by atoms with van der Waals surface area (Å²) in [4.78, 5) is 12.8. The Morgan fingerprint density at radius 3 is 2.32 bits per heavy atom. The number of nitrogens with zero attached hydrogens (tertiary/aromatic N) is 1. The molecular formula is C17H19NO4. The number of carboxylic acids is 1. The summed E-state index contributed by atoms with van der Waals surface area (Å²) in [7, 11) is 1.98. The van der Waals surface area contributed by atoms with Crippen LogP contribution in [0, 0.1) is 0 Å². The van der Waals surface area contributed by atoms with Gasteiger partial charge in [-0.15, -0.1) is 0 Å². The lowest BCUT2D eigenvalue weighted by Crippen LogP contribution is -2.20. The summed E-state index contributed by atoms with van der Waals surface area (Å²) in [6.45, 7) is 1.37. The second-order valence-corrected chi connectivity index (χ2v) is 4.97. The van der Waals surface area contributed by atoms with Crippen molar-refractivity contribution in [2.75, 3.05) is 25.1 Å². The molecule has 22 heavy (non-hydrogen) atoms. The average Bonchev–Trinajstić information content (AvgIpc) is 2.52. The van der Waals surface area contributed by atoms with Gasteiger partial charge in [0, 0.05) is 19.3 Å². The molecule has 2 rings (SSSR count). The number of aromatic hydroxyl groups is 1. The molecule has 2 N–H and O–H groups in total. The summed E-state index contributed by atoms with van der Waals surface area (Å²) in [5, 5.41) is 18.1. The van der Waals surface area contributed by atoms with Gasteiger partial charge < -0.3 is 19.8 Å². The molecule has 0 aliphatic carbocycles. The molecule has 0 atom stereocenters. The van der Waals surface area contributed by atoms with Gasteiger partial charge in [0.05, 0.1) is 12.2 Å². The van der Waals surface area contributed by atoms with Crippen molar-refractivity contribution < 1.29 is 19.7 Å². The molecular weight excluding hydrogens is 282 g/mol. The van der Waals surface area contributed by atoms with Gasteiger partial charge in [-0.2, -0.15) is 0 Å². The zero-order valence-electron chi connectivity index (χ0n) is 12.4. The number of phenols is 1. The van der Waals surface area contributed by atoms with Crippen molar-refractivity contribution in [1.29, 1.82) is 0 Å². The molecule has 0 amide bonds. The van der Waals surface area contributed by atoms with Crippen molar-refractivity contribution in [2.45, 2.75) is 6.42 Å². The predicted molar refractivity (Wildman–Crippen MR) is 84.9 cm³/mol. The van der Waals surface area contributed by atoms with Crippen LogP contribution < -0.4 is 9.64 Å². The minimum Gasteiger partial charge on any atom is -0.508 e. The van der Waals surface area contributed by atoms with E-state index in [0.717, 1.165) is 18.7 Å². The number of aromatic carboxylic acids is 1. The first-order valence-electron chi connectivity index (χ1n) is 7.02. The Bertz CT molecular complexity index is 608. The normalized spacial score (nSPS) is 10.2. The highest BCUT2D eigenvalue weighted by Gasteiger charge is 2.03. The third kappa shape index (κ3) is 4.41. The number of hydrogen-bond donors (Lipinski definition) is 2. The van der Waals surface area contributed by atoms with E-state index in [4.69, 9.17) is 9.84 Å². The Kier molecular flexibility index (Phi) is 5.25. The quantitative estimate of drug-likeness (QED) is 0.769. The molecule has 0 heterocycles. The van der Waals surface area contributed by atoms with Gasteiger partial charge in [0.15, 0.2) is 0 Å². The van der Waals surface area contributed by atoms with Crippen molar-refractivity contribution >= 4 is 11.7 Å². The number of hydrogen-bond acceptors (Lipinski definition) is 4. The Labute approximate surface area is 129 Å². The second kappa shape index (κ2) is 7.36. The van der Waals surface area contributed by atoms with Gasteiger partial charge in [-0.3, -0.25) is 0 Å². The number of benzene rings is 2. The fraction of sp³-hybridized carbons (Fsp3) is 0.235. The summed E-state index contributed by atoms with van der Waals surface area (Å²) < 4.78 is 5.59. The molecule has 0 saturated heterocycles. The fourth-order valence-corrected chi connectivity index (χ4v) is 2.02. The smallest absolute Gasteiger partial charge is 0.335 e. The molecule has 2 aromatic rings. The topological polar surface area (TPSA) is 70.0 Å². The average molecular weight is 301 g/mol. The zero-order chi connectivity index (χ0) is 15.9. The van der Waals surface area contributed by atoms with Gasteiger partial charge in [-0.1, -0.05) is 0 Å². The Morgan fingerprint density at radius 2 is 1.73 bits per heavy atom. The maximum Gasteiger partial charge on any atom is 0.335 e. The molecule has 0 aromatic heterocycles. The van der Waals surface area contributed by atoms with Crippen LogP contribution in [-0.4, -0.2) is 36.4 Å². The maximum atomic E-state index is 10.7. The first kappa shape index (κ1) is 15.7. The largest absolute Gasteiger partial charge is 0.508 e. The lowest BCUT2D eigenvalue weighted by atomic mass is 10.2. The van der Waals surface area contributed by atoms with Crippen molar-refractivity contribution in [3.05, 3.63) is 54.1 Å². The summed E-state index contributed by atoms with van der Waals surface area (Å²) in [6, 6.07) is 13.4. The first-order valence-corrected chi connectivity index (χ1v) is 7.02. The van der Waals surface area contributed by atoms with Gasteiger partial charge >= 0.3 is 5.97 Å². The third-order valence-electron chi connectivity index (χ3n) is 3.30. The van der Waals surface area contributed by atoms with Crippen LogP contribution in [0.5, 0.6) is 11.5 Å². The van der Waals surface area contributed by atoms with Gasteiger partial charge in [0.25, 0.3) is 0 Å². The van der Waals surface area contributed by atoms with E-state index in [2.05, 4.69) is 4.90 Å². The monoisotopic (exact) mass is 301 g/mol. The highest BCUT2D eigenvalue weighted by Crippen LogP contribution is 2.17. The van der Waals surface area contributed by atoms with Crippen LogP contribution in [0.25, 0.3) is 0 Å². The van der Waals surface area contributed by atoms with Crippen LogP contribution in [-0.2, 0) is 0 Å². The molecule has 0 spiro atoms. The van der Waals surface area contributed by atoms with Crippen molar-refractivity contribution in [2.24, 2.45) is 0 Å². The number of carboxylic acid groups (broad SMARTS) is 1. The van der Waals surface area contributed by atoms with E-state index in [9.17, 15) is 9.90 Å². The Balaban J connectivity index is 1.74. The van der Waals surface area contributed by atoms with Crippen molar-refractivity contribution in [3.8, 4) is 11.5 Å². The van der Waals surface area contributed by atoms with Gasteiger partial charge in [-0.05, 0) is 55.0 Å². The maximum absolute atomic E-state index is 10.7. The van der Waals surface area contributed by atoms with Crippen LogP contribution in [0.1, 0.15) is 16.8 Å². The van der Waals surface area contributed by atoms with Crippen LogP contribution in [0.4, 0.5) is 5.69 Å². The summed E-state index contributed by atoms with van der Waals surface area (Å²) in [6.07, 6.45) is 0.831. The molecule has 0 fully saturated rings. The van der Waals surface area contributed by atoms with E-state index in [1.807, 2.05) is 19.2 Å². The molecule has 5 heteroatoms. The minimum atomic E-state index is -0.943. The van der Waals surface area contributed by atoms with Crippen LogP contribution >= 0.6 is 0 Å². The van der Waals surface area contributed by atoms with E-state index >= 15 is 0 Å². The number of rotatable bonds is 7. The summed E-state index contributed by atoms with van der Waals surface area (Å²) >= 11 is 0. The molecule has 2 aromatic carbocycles.